The summed E-state index contributed by atoms with van der Waals surface area (Å²) in [5.41, 5.74) is 3.64. The van der Waals surface area contributed by atoms with Crippen molar-refractivity contribution >= 4 is 7.85 Å². The Kier molecular flexibility index (Phi) is 2.69. The van der Waals surface area contributed by atoms with Crippen molar-refractivity contribution in [3.63, 3.8) is 0 Å². The van der Waals surface area contributed by atoms with Crippen molar-refractivity contribution in [1.82, 2.24) is 0 Å². The molecule has 0 unspecified atom stereocenters. The lowest BCUT2D eigenvalue weighted by Crippen LogP contribution is -1.84. The number of benzene rings is 2. The highest BCUT2D eigenvalue weighted by Gasteiger charge is 1.96. The van der Waals surface area contributed by atoms with E-state index in [-0.39, 0.29) is 0 Å². The largest absolute Gasteiger partial charge is 0.0716 e. The lowest BCUT2D eigenvalue weighted by atomic mass is 9.94. The zero-order chi connectivity index (χ0) is 9.80. The van der Waals surface area contributed by atoms with E-state index in [2.05, 4.69) is 24.3 Å². The second-order valence-electron chi connectivity index (χ2n) is 3.27. The van der Waals surface area contributed by atoms with E-state index in [0.29, 0.717) is 6.32 Å². The highest BCUT2D eigenvalue weighted by Crippen LogP contribution is 2.19. The topological polar surface area (TPSA) is 0 Å². The maximum Gasteiger partial charge on any atom is 0.0716 e. The summed E-state index contributed by atoms with van der Waals surface area (Å²) >= 11 is 0. The van der Waals surface area contributed by atoms with Crippen LogP contribution in [0.2, 0.25) is 0 Å². The molecule has 0 aromatic heterocycles. The minimum atomic E-state index is 0.598. The molecule has 0 amide bonds. The van der Waals surface area contributed by atoms with E-state index in [1.165, 1.54) is 16.7 Å². The van der Waals surface area contributed by atoms with Crippen LogP contribution in [-0.2, 0) is 6.32 Å². The summed E-state index contributed by atoms with van der Waals surface area (Å²) in [6.07, 6.45) is 0.598. The summed E-state index contributed by atoms with van der Waals surface area (Å²) < 4.78 is 0. The van der Waals surface area contributed by atoms with E-state index >= 15 is 0 Å². The molecule has 0 bridgehead atoms. The predicted octanol–water partition coefficient (Wildman–Crippen LogP) is 3.02. The van der Waals surface area contributed by atoms with Gasteiger partial charge in [0.2, 0.25) is 0 Å². The maximum absolute atomic E-state index is 5.60. The van der Waals surface area contributed by atoms with Crippen LogP contribution >= 0.6 is 0 Å². The van der Waals surface area contributed by atoms with Gasteiger partial charge in [0.25, 0.3) is 0 Å². The van der Waals surface area contributed by atoms with Crippen molar-refractivity contribution in [1.29, 1.82) is 0 Å². The van der Waals surface area contributed by atoms with Gasteiger partial charge in [-0.05, 0) is 11.1 Å². The quantitative estimate of drug-likeness (QED) is 0.620. The molecule has 0 aliphatic heterocycles. The molecule has 66 valence electrons. The van der Waals surface area contributed by atoms with Crippen molar-refractivity contribution < 1.29 is 0 Å². The number of hydrogen-bond donors (Lipinski definition) is 0. The molecule has 2 aromatic carbocycles. The first-order valence-corrected chi connectivity index (χ1v) is 4.74. The van der Waals surface area contributed by atoms with Crippen LogP contribution in [-0.4, -0.2) is 7.85 Å². The summed E-state index contributed by atoms with van der Waals surface area (Å²) in [4.78, 5) is 0. The molecule has 0 saturated heterocycles. The monoisotopic (exact) mass is 178 g/mol. The second kappa shape index (κ2) is 4.14. The minimum Gasteiger partial charge on any atom is -0.0643 e. The fraction of sp³-hybridized carbons (Fsp3) is 0.0769. The van der Waals surface area contributed by atoms with Gasteiger partial charge in [-0.2, -0.15) is 0 Å². The van der Waals surface area contributed by atoms with Crippen LogP contribution in [0.25, 0.3) is 11.1 Å². The third-order valence-electron chi connectivity index (χ3n) is 2.27. The molecule has 1 heteroatoms. The van der Waals surface area contributed by atoms with Gasteiger partial charge in [-0.15, -0.1) is 0 Å². The summed E-state index contributed by atoms with van der Waals surface area (Å²) in [5.74, 6) is 0. The van der Waals surface area contributed by atoms with Crippen LogP contribution in [0.1, 0.15) is 5.56 Å². The number of rotatable bonds is 2. The van der Waals surface area contributed by atoms with Crippen molar-refractivity contribution in [2.45, 2.75) is 6.32 Å². The smallest absolute Gasteiger partial charge is 0.0643 e. The summed E-state index contributed by atoms with van der Waals surface area (Å²) in [5, 5.41) is 0. The van der Waals surface area contributed by atoms with Crippen LogP contribution in [0.4, 0.5) is 0 Å². The molecule has 2 radical (unpaired) electrons. The Hall–Kier alpha value is -1.50. The van der Waals surface area contributed by atoms with E-state index in [4.69, 9.17) is 7.85 Å². The van der Waals surface area contributed by atoms with E-state index < -0.39 is 0 Å². The highest BCUT2D eigenvalue weighted by atomic mass is 14.0. The molecule has 0 atom stereocenters. The van der Waals surface area contributed by atoms with Gasteiger partial charge in [-0.1, -0.05) is 66.5 Å². The Morgan fingerprint density at radius 2 is 1.50 bits per heavy atom. The standard InChI is InChI=1S/C13H11B/c14-10-11-5-4-8-13(9-11)12-6-2-1-3-7-12/h1-9H,10H2. The van der Waals surface area contributed by atoms with E-state index in [0.717, 1.165) is 0 Å². The van der Waals surface area contributed by atoms with Crippen molar-refractivity contribution in [3.05, 3.63) is 60.2 Å². The van der Waals surface area contributed by atoms with Gasteiger partial charge in [0.05, 0.1) is 7.85 Å². The molecule has 2 rings (SSSR count). The molecule has 0 aliphatic rings. The third kappa shape index (κ3) is 1.87. The zero-order valence-corrected chi connectivity index (χ0v) is 7.98. The van der Waals surface area contributed by atoms with Gasteiger partial charge in [0.1, 0.15) is 0 Å². The van der Waals surface area contributed by atoms with Gasteiger partial charge in [0, 0.05) is 0 Å². The fourth-order valence-corrected chi connectivity index (χ4v) is 1.51. The molecule has 0 heterocycles. The Balaban J connectivity index is 2.42. The second-order valence-corrected chi connectivity index (χ2v) is 3.27. The Morgan fingerprint density at radius 3 is 2.21 bits per heavy atom. The Bertz CT molecular complexity index is 407. The van der Waals surface area contributed by atoms with Crippen molar-refractivity contribution in [2.24, 2.45) is 0 Å². The fourth-order valence-electron chi connectivity index (χ4n) is 1.51. The SMILES string of the molecule is [B]Cc1cccc(-c2ccccc2)c1. The van der Waals surface area contributed by atoms with Crippen LogP contribution < -0.4 is 0 Å². The van der Waals surface area contributed by atoms with Gasteiger partial charge < -0.3 is 0 Å². The maximum atomic E-state index is 5.60. The molecule has 0 saturated carbocycles. The van der Waals surface area contributed by atoms with E-state index in [9.17, 15) is 0 Å². The summed E-state index contributed by atoms with van der Waals surface area (Å²) in [7, 11) is 5.60. The van der Waals surface area contributed by atoms with Crippen LogP contribution in [0.15, 0.2) is 54.6 Å². The molecule has 0 fully saturated rings. The molecular formula is C13H11B. The average Bonchev–Trinajstić information content (AvgIpc) is 2.30. The third-order valence-corrected chi connectivity index (χ3v) is 2.27. The zero-order valence-electron chi connectivity index (χ0n) is 7.98. The number of hydrogen-bond acceptors (Lipinski definition) is 0. The first-order valence-electron chi connectivity index (χ1n) is 4.74. The first-order chi connectivity index (χ1) is 6.90. The summed E-state index contributed by atoms with van der Waals surface area (Å²) in [6, 6.07) is 18.7. The van der Waals surface area contributed by atoms with Gasteiger partial charge in [0.15, 0.2) is 0 Å². The summed E-state index contributed by atoms with van der Waals surface area (Å²) in [6.45, 7) is 0. The van der Waals surface area contributed by atoms with Gasteiger partial charge in [-0.3, -0.25) is 0 Å². The van der Waals surface area contributed by atoms with Crippen molar-refractivity contribution in [3.8, 4) is 11.1 Å². The normalized spacial score (nSPS) is 10.0. The average molecular weight is 178 g/mol. The Labute approximate surface area is 86.0 Å². The molecular weight excluding hydrogens is 167 g/mol. The molecule has 0 aliphatic carbocycles. The molecule has 14 heavy (non-hydrogen) atoms. The van der Waals surface area contributed by atoms with E-state index in [1.54, 1.807) is 0 Å². The van der Waals surface area contributed by atoms with Crippen LogP contribution in [0, 0.1) is 0 Å². The predicted molar refractivity (Wildman–Crippen MR) is 61.3 cm³/mol. The minimum absolute atomic E-state index is 0.598. The lowest BCUT2D eigenvalue weighted by molar-refractivity contribution is 1.40. The Morgan fingerprint density at radius 1 is 0.786 bits per heavy atom. The molecule has 2 aromatic rings. The first kappa shape index (κ1) is 9.08. The molecule has 0 N–H and O–H groups in total. The molecule has 0 spiro atoms. The van der Waals surface area contributed by atoms with Crippen LogP contribution in [0.3, 0.4) is 0 Å². The lowest BCUT2D eigenvalue weighted by Gasteiger charge is -2.03. The van der Waals surface area contributed by atoms with Crippen molar-refractivity contribution in [2.75, 3.05) is 0 Å². The van der Waals surface area contributed by atoms with E-state index in [1.807, 2.05) is 30.3 Å². The highest BCUT2D eigenvalue weighted by molar-refractivity contribution is 6.08. The van der Waals surface area contributed by atoms with Crippen LogP contribution in [0.5, 0.6) is 0 Å². The van der Waals surface area contributed by atoms with Gasteiger partial charge in [-0.25, -0.2) is 0 Å². The van der Waals surface area contributed by atoms with Gasteiger partial charge >= 0.3 is 0 Å². The molecule has 0 nitrogen and oxygen atoms in total.